The van der Waals surface area contributed by atoms with Gasteiger partial charge in [-0.05, 0) is 129 Å². The highest BCUT2D eigenvalue weighted by Crippen LogP contribution is 2.48. The Bertz CT molecular complexity index is 2600. The van der Waals surface area contributed by atoms with Crippen molar-refractivity contribution in [1.82, 2.24) is 20.1 Å². The van der Waals surface area contributed by atoms with Crippen LogP contribution >= 0.6 is 0 Å². The number of nitrogens with one attached hydrogen (secondary N) is 4. The summed E-state index contributed by atoms with van der Waals surface area (Å²) in [6, 6.07) is 26.3. The van der Waals surface area contributed by atoms with Crippen LogP contribution in [-0.4, -0.2) is 96.3 Å². The van der Waals surface area contributed by atoms with E-state index < -0.39 is 23.0 Å². The third kappa shape index (κ3) is 9.12. The second-order valence-electron chi connectivity index (χ2n) is 18.2. The summed E-state index contributed by atoms with van der Waals surface area (Å²) in [5.41, 5.74) is 2.89. The number of piperazine rings is 1. The molecular weight excluding hydrogens is 831 g/mol. The molecule has 5 heterocycles. The lowest BCUT2D eigenvalue weighted by molar-refractivity contribution is -0.134. The van der Waals surface area contributed by atoms with E-state index in [9.17, 15) is 23.6 Å². The van der Waals surface area contributed by atoms with Crippen molar-refractivity contribution < 1.29 is 32.7 Å². The summed E-state index contributed by atoms with van der Waals surface area (Å²) in [5, 5.41) is 12.1. The number of ether oxygens (including phenoxy) is 1. The van der Waals surface area contributed by atoms with E-state index in [-0.39, 0.29) is 23.5 Å². The maximum atomic E-state index is 15.9. The summed E-state index contributed by atoms with van der Waals surface area (Å²) in [4.78, 5) is 61.9. The Morgan fingerprint density at radius 2 is 1.46 bits per heavy atom. The van der Waals surface area contributed by atoms with Crippen LogP contribution < -0.4 is 30.9 Å². The van der Waals surface area contributed by atoms with Crippen molar-refractivity contribution >= 4 is 57.3 Å². The minimum atomic E-state index is -1.18. The highest BCUT2D eigenvalue weighted by atomic mass is 19.1. The van der Waals surface area contributed by atoms with Gasteiger partial charge in [0.05, 0.1) is 17.1 Å². The first-order valence-electron chi connectivity index (χ1n) is 22.7. The first-order valence-corrected chi connectivity index (χ1v) is 22.7. The first-order chi connectivity index (χ1) is 31.6. The van der Waals surface area contributed by atoms with Crippen LogP contribution in [0, 0.1) is 23.0 Å². The number of anilines is 4. The molecule has 5 fully saturated rings. The molecule has 4 amide bonds. The van der Waals surface area contributed by atoms with E-state index in [2.05, 4.69) is 41.0 Å². The minimum absolute atomic E-state index is 0.197. The SMILES string of the molecule is O=C1CCC(c2ccc(NCCN3C[C@@H]4C[C@H]3CN4CC3CCN(c4cc5nccc(Oc6ccc(NC(=O)C7(C(=O)Nc8ccc(F)cc8)CC7)cc6)c5cc4F)CC3)cc2)C(=O)N1. The molecule has 5 aliphatic rings. The third-order valence-corrected chi connectivity index (χ3v) is 14.0. The molecule has 1 unspecified atom stereocenters. The molecule has 4 saturated heterocycles. The molecule has 0 spiro atoms. The molecule has 336 valence electrons. The van der Waals surface area contributed by atoms with E-state index in [0.717, 1.165) is 69.9 Å². The average molecular weight is 883 g/mol. The van der Waals surface area contributed by atoms with Crippen molar-refractivity contribution in [2.24, 2.45) is 11.3 Å². The summed E-state index contributed by atoms with van der Waals surface area (Å²) in [6.45, 7) is 6.62. The summed E-state index contributed by atoms with van der Waals surface area (Å²) in [6.07, 6.45) is 6.60. The topological polar surface area (TPSA) is 148 Å². The predicted octanol–water partition coefficient (Wildman–Crippen LogP) is 7.27. The molecule has 15 heteroatoms. The number of amides is 4. The summed E-state index contributed by atoms with van der Waals surface area (Å²) in [7, 11) is 0. The van der Waals surface area contributed by atoms with Gasteiger partial charge < -0.3 is 25.6 Å². The van der Waals surface area contributed by atoms with Gasteiger partial charge in [-0.25, -0.2) is 8.78 Å². The van der Waals surface area contributed by atoms with Gasteiger partial charge in [0.25, 0.3) is 0 Å². The van der Waals surface area contributed by atoms with Crippen LogP contribution in [0.4, 0.5) is 31.5 Å². The molecule has 13 nitrogen and oxygen atoms in total. The first kappa shape index (κ1) is 42.5. The molecule has 10 rings (SSSR count). The fourth-order valence-corrected chi connectivity index (χ4v) is 10.1. The number of halogens is 2. The fraction of sp³-hybridized carbons (Fsp3) is 0.380. The molecule has 1 saturated carbocycles. The van der Waals surface area contributed by atoms with E-state index in [1.54, 1.807) is 36.5 Å². The molecule has 1 aromatic heterocycles. The van der Waals surface area contributed by atoms with Gasteiger partial charge in [0, 0.05) is 93.0 Å². The normalized spacial score (nSPS) is 21.9. The number of piperidine rings is 2. The van der Waals surface area contributed by atoms with Crippen LogP contribution in [0.1, 0.15) is 56.4 Å². The van der Waals surface area contributed by atoms with E-state index >= 15 is 4.39 Å². The maximum Gasteiger partial charge on any atom is 0.240 e. The monoisotopic (exact) mass is 882 g/mol. The Morgan fingerprint density at radius 1 is 0.800 bits per heavy atom. The molecule has 3 atom stereocenters. The van der Waals surface area contributed by atoms with Gasteiger partial charge in [-0.3, -0.25) is 39.3 Å². The molecule has 0 radical (unpaired) electrons. The van der Waals surface area contributed by atoms with E-state index in [1.165, 1.54) is 36.8 Å². The zero-order valence-electron chi connectivity index (χ0n) is 36.0. The molecule has 4 aliphatic heterocycles. The van der Waals surface area contributed by atoms with Crippen molar-refractivity contribution in [3.8, 4) is 11.5 Å². The second-order valence-corrected chi connectivity index (χ2v) is 18.2. The number of likely N-dealkylation sites (tertiary alicyclic amines) is 2. The molecule has 65 heavy (non-hydrogen) atoms. The van der Waals surface area contributed by atoms with Gasteiger partial charge in [0.1, 0.15) is 28.5 Å². The number of rotatable bonds is 14. The van der Waals surface area contributed by atoms with E-state index in [0.29, 0.717) is 83.1 Å². The number of pyridine rings is 1. The van der Waals surface area contributed by atoms with Gasteiger partial charge in [-0.2, -0.15) is 0 Å². The van der Waals surface area contributed by atoms with E-state index in [1.807, 2.05) is 30.3 Å². The van der Waals surface area contributed by atoms with Crippen LogP contribution in [0.15, 0.2) is 97.2 Å². The van der Waals surface area contributed by atoms with Crippen molar-refractivity contribution in [2.45, 2.75) is 62.9 Å². The van der Waals surface area contributed by atoms with Gasteiger partial charge in [-0.1, -0.05) is 12.1 Å². The fourth-order valence-electron chi connectivity index (χ4n) is 10.1. The summed E-state index contributed by atoms with van der Waals surface area (Å²) >= 11 is 0. The molecule has 4 N–H and O–H groups in total. The third-order valence-electron chi connectivity index (χ3n) is 14.0. The highest BCUT2D eigenvalue weighted by molar-refractivity contribution is 6.17. The standard InChI is InChI=1S/C50H52F2N8O5/c51-33-3-7-35(8-4-33)55-48(63)50(18-19-50)49(64)56-36-9-11-39(12-10-36)65-45-15-20-54-43-27-44(42(52)26-41(43)45)58-22-16-31(17-23-58)28-60-30-37-25-38(60)29-59(37)24-21-53-34-5-1-32(2-6-34)40-13-14-46(61)57-47(40)62/h1-12,15,20,26-27,31,37-38,40,53H,13-14,16-19,21-25,28-30H2,(H,55,63)(H,56,64)(H,57,61,62)/t37-,38-,40?/m0/s1. The Balaban J connectivity index is 0.675. The number of carbonyl (C=O) groups is 4. The Labute approximate surface area is 375 Å². The number of hydrogen-bond donors (Lipinski definition) is 4. The molecule has 2 bridgehead atoms. The average Bonchev–Trinajstić information content (AvgIpc) is 3.91. The van der Waals surface area contributed by atoms with Crippen molar-refractivity contribution in [1.29, 1.82) is 0 Å². The van der Waals surface area contributed by atoms with Crippen molar-refractivity contribution in [3.63, 3.8) is 0 Å². The lowest BCUT2D eigenvalue weighted by atomic mass is 9.90. The number of hydrogen-bond acceptors (Lipinski definition) is 10. The Kier molecular flexibility index (Phi) is 11.7. The number of fused-ring (bicyclic) bond motifs is 3. The Morgan fingerprint density at radius 3 is 2.12 bits per heavy atom. The zero-order chi connectivity index (χ0) is 44.7. The van der Waals surface area contributed by atoms with Gasteiger partial charge in [0.15, 0.2) is 0 Å². The predicted molar refractivity (Wildman–Crippen MR) is 244 cm³/mol. The maximum absolute atomic E-state index is 15.9. The number of imide groups is 1. The minimum Gasteiger partial charge on any atom is -0.457 e. The quantitative estimate of drug-likeness (QED) is 0.0664. The van der Waals surface area contributed by atoms with Gasteiger partial charge in [-0.15, -0.1) is 0 Å². The van der Waals surface area contributed by atoms with Crippen molar-refractivity contribution in [2.75, 3.05) is 66.7 Å². The van der Waals surface area contributed by atoms with Crippen LogP contribution in [0.2, 0.25) is 0 Å². The largest absolute Gasteiger partial charge is 0.457 e. The molecule has 4 aromatic carbocycles. The van der Waals surface area contributed by atoms with Crippen LogP contribution in [0.3, 0.4) is 0 Å². The van der Waals surface area contributed by atoms with E-state index in [4.69, 9.17) is 4.74 Å². The number of benzene rings is 4. The number of aromatic nitrogens is 1. The van der Waals surface area contributed by atoms with Crippen LogP contribution in [-0.2, 0) is 19.2 Å². The van der Waals surface area contributed by atoms with Crippen LogP contribution in [0.25, 0.3) is 10.9 Å². The summed E-state index contributed by atoms with van der Waals surface area (Å²) in [5.74, 6) is -0.748. The molecule has 5 aromatic rings. The lowest BCUT2D eigenvalue weighted by Gasteiger charge is -2.39. The highest BCUT2D eigenvalue weighted by Gasteiger charge is 2.56. The lowest BCUT2D eigenvalue weighted by Crippen LogP contribution is -2.49. The Hall–Kier alpha value is -6.45. The van der Waals surface area contributed by atoms with Crippen LogP contribution in [0.5, 0.6) is 11.5 Å². The van der Waals surface area contributed by atoms with Gasteiger partial charge in [0.2, 0.25) is 23.6 Å². The number of nitrogens with zero attached hydrogens (tertiary/aromatic N) is 4. The molecule has 1 aliphatic carbocycles. The number of carbonyl (C=O) groups excluding carboxylic acids is 4. The molecular formula is C50H52F2N8O5. The van der Waals surface area contributed by atoms with Gasteiger partial charge >= 0.3 is 0 Å². The second kappa shape index (κ2) is 17.8. The smallest absolute Gasteiger partial charge is 0.240 e. The summed E-state index contributed by atoms with van der Waals surface area (Å²) < 4.78 is 35.4. The van der Waals surface area contributed by atoms with Crippen molar-refractivity contribution in [3.05, 3.63) is 114 Å². The zero-order valence-corrected chi connectivity index (χ0v) is 36.0.